The largest absolute Gasteiger partial charge is 0.368 e. The Balaban J connectivity index is 1.34. The van der Waals surface area contributed by atoms with Crippen LogP contribution in [0.15, 0.2) is 43.0 Å². The van der Waals surface area contributed by atoms with E-state index in [1.165, 1.54) is 18.6 Å². The van der Waals surface area contributed by atoms with Gasteiger partial charge < -0.3 is 15.6 Å². The van der Waals surface area contributed by atoms with Crippen molar-refractivity contribution < 1.29 is 9.18 Å². The molecule has 3 heterocycles. The van der Waals surface area contributed by atoms with E-state index in [1.54, 1.807) is 24.4 Å². The zero-order valence-corrected chi connectivity index (χ0v) is 15.2. The third kappa shape index (κ3) is 3.68. The van der Waals surface area contributed by atoms with Crippen molar-refractivity contribution in [1.82, 2.24) is 30.5 Å². The number of anilines is 1. The molecule has 1 amide bonds. The number of aromatic nitrogens is 5. The predicted molar refractivity (Wildman–Crippen MR) is 100 cm³/mol. The van der Waals surface area contributed by atoms with Crippen LogP contribution in [-0.4, -0.2) is 37.6 Å². The Morgan fingerprint density at radius 3 is 2.79 bits per heavy atom. The monoisotopic (exact) mass is 381 g/mol. The van der Waals surface area contributed by atoms with Crippen molar-refractivity contribution in [3.63, 3.8) is 0 Å². The number of pyridine rings is 1. The normalized spacial score (nSPS) is 14.9. The standard InChI is InChI=1S/C19H20FN7O/c20-14-3-1-8-22-17(14)19(6-2-7-19)11-24-16-5-4-13(26-27-16)9-23-18(28)15-10-21-12-25-15/h1,3-5,8,10,12H,2,6-7,9,11H2,(H,21,25)(H,23,28)(H,24,27). The molecule has 3 N–H and O–H groups in total. The van der Waals surface area contributed by atoms with Crippen LogP contribution in [0.2, 0.25) is 0 Å². The number of carbonyl (C=O) groups excluding carboxylic acids is 1. The summed E-state index contributed by atoms with van der Waals surface area (Å²) in [4.78, 5) is 22.7. The van der Waals surface area contributed by atoms with Gasteiger partial charge in [-0.15, -0.1) is 5.10 Å². The molecule has 28 heavy (non-hydrogen) atoms. The minimum Gasteiger partial charge on any atom is -0.368 e. The van der Waals surface area contributed by atoms with E-state index in [9.17, 15) is 9.18 Å². The topological polar surface area (TPSA) is 108 Å². The van der Waals surface area contributed by atoms with Gasteiger partial charge in [-0.3, -0.25) is 9.78 Å². The van der Waals surface area contributed by atoms with Crippen LogP contribution in [-0.2, 0) is 12.0 Å². The summed E-state index contributed by atoms with van der Waals surface area (Å²) < 4.78 is 14.2. The van der Waals surface area contributed by atoms with E-state index in [0.717, 1.165) is 19.3 Å². The first-order chi connectivity index (χ1) is 13.7. The molecule has 1 aliphatic carbocycles. The van der Waals surface area contributed by atoms with Gasteiger partial charge in [-0.1, -0.05) is 6.42 Å². The molecule has 0 aromatic carbocycles. The van der Waals surface area contributed by atoms with E-state index < -0.39 is 0 Å². The number of aromatic amines is 1. The van der Waals surface area contributed by atoms with Gasteiger partial charge in [0.1, 0.15) is 17.3 Å². The van der Waals surface area contributed by atoms with Crippen LogP contribution < -0.4 is 10.6 Å². The van der Waals surface area contributed by atoms with Crippen LogP contribution in [0.4, 0.5) is 10.2 Å². The molecule has 144 valence electrons. The minimum atomic E-state index is -0.302. The smallest absolute Gasteiger partial charge is 0.269 e. The van der Waals surface area contributed by atoms with Crippen LogP contribution in [0.5, 0.6) is 0 Å². The van der Waals surface area contributed by atoms with Crippen LogP contribution in [0, 0.1) is 5.82 Å². The van der Waals surface area contributed by atoms with Gasteiger partial charge in [0.15, 0.2) is 0 Å². The number of hydrogen-bond acceptors (Lipinski definition) is 6. The summed E-state index contributed by atoms with van der Waals surface area (Å²) in [6.07, 6.45) is 7.36. The Kier molecular flexibility index (Phi) is 4.96. The van der Waals surface area contributed by atoms with Crippen molar-refractivity contribution in [2.75, 3.05) is 11.9 Å². The highest BCUT2D eigenvalue weighted by molar-refractivity contribution is 5.91. The average molecular weight is 381 g/mol. The molecule has 0 spiro atoms. The fraction of sp³-hybridized carbons (Fsp3) is 0.316. The van der Waals surface area contributed by atoms with Gasteiger partial charge in [0.25, 0.3) is 5.91 Å². The van der Waals surface area contributed by atoms with Crippen molar-refractivity contribution in [1.29, 1.82) is 0 Å². The maximum absolute atomic E-state index is 14.2. The number of nitrogens with zero attached hydrogens (tertiary/aromatic N) is 4. The first-order valence-electron chi connectivity index (χ1n) is 9.10. The van der Waals surface area contributed by atoms with Crippen molar-refractivity contribution in [3.05, 3.63) is 65.9 Å². The van der Waals surface area contributed by atoms with Gasteiger partial charge in [-0.2, -0.15) is 5.10 Å². The number of amides is 1. The number of halogens is 1. The van der Waals surface area contributed by atoms with Gasteiger partial charge >= 0.3 is 0 Å². The van der Waals surface area contributed by atoms with Crippen LogP contribution in [0.3, 0.4) is 0 Å². The number of imidazole rings is 1. The molecule has 0 unspecified atom stereocenters. The molecule has 0 radical (unpaired) electrons. The lowest BCUT2D eigenvalue weighted by Crippen LogP contribution is -2.42. The average Bonchev–Trinajstić information content (AvgIpc) is 3.22. The molecule has 0 bridgehead atoms. The number of nitrogens with one attached hydrogen (secondary N) is 3. The first-order valence-corrected chi connectivity index (χ1v) is 9.10. The van der Waals surface area contributed by atoms with E-state index in [2.05, 4.69) is 35.8 Å². The maximum atomic E-state index is 14.2. The fourth-order valence-electron chi connectivity index (χ4n) is 3.33. The van der Waals surface area contributed by atoms with Gasteiger partial charge in [-0.05, 0) is 37.1 Å². The lowest BCUT2D eigenvalue weighted by Gasteiger charge is -2.41. The van der Waals surface area contributed by atoms with Gasteiger partial charge in [-0.25, -0.2) is 9.37 Å². The number of hydrogen-bond donors (Lipinski definition) is 3. The number of H-pyrrole nitrogens is 1. The fourth-order valence-corrected chi connectivity index (χ4v) is 3.33. The number of rotatable bonds is 7. The van der Waals surface area contributed by atoms with E-state index in [4.69, 9.17) is 0 Å². The summed E-state index contributed by atoms with van der Waals surface area (Å²) in [6, 6.07) is 6.64. The van der Waals surface area contributed by atoms with Crippen molar-refractivity contribution in [2.45, 2.75) is 31.2 Å². The first kappa shape index (κ1) is 18.0. The van der Waals surface area contributed by atoms with E-state index in [-0.39, 0.29) is 23.7 Å². The van der Waals surface area contributed by atoms with Gasteiger partial charge in [0.05, 0.1) is 30.5 Å². The Labute approximate surface area is 161 Å². The van der Waals surface area contributed by atoms with E-state index in [0.29, 0.717) is 29.4 Å². The third-order valence-corrected chi connectivity index (χ3v) is 5.07. The zero-order chi connectivity index (χ0) is 19.4. The second kappa shape index (κ2) is 7.71. The lowest BCUT2D eigenvalue weighted by molar-refractivity contribution is 0.0946. The maximum Gasteiger partial charge on any atom is 0.269 e. The van der Waals surface area contributed by atoms with E-state index in [1.807, 2.05) is 0 Å². The van der Waals surface area contributed by atoms with Gasteiger partial charge in [0.2, 0.25) is 0 Å². The van der Waals surface area contributed by atoms with Gasteiger partial charge in [0, 0.05) is 18.2 Å². The molecule has 1 fully saturated rings. The molecule has 0 atom stereocenters. The Hall–Kier alpha value is -3.36. The molecule has 8 nitrogen and oxygen atoms in total. The molecule has 4 rings (SSSR count). The highest BCUT2D eigenvalue weighted by Crippen LogP contribution is 2.43. The van der Waals surface area contributed by atoms with Crippen molar-refractivity contribution in [2.24, 2.45) is 0 Å². The molecule has 1 saturated carbocycles. The number of carbonyl (C=O) groups is 1. The Bertz CT molecular complexity index is 939. The van der Waals surface area contributed by atoms with E-state index >= 15 is 0 Å². The molecule has 1 aliphatic rings. The minimum absolute atomic E-state index is 0.258. The van der Waals surface area contributed by atoms with Crippen LogP contribution in [0.1, 0.15) is 41.1 Å². The Morgan fingerprint density at radius 2 is 2.14 bits per heavy atom. The molecule has 0 saturated heterocycles. The second-order valence-electron chi connectivity index (χ2n) is 6.88. The third-order valence-electron chi connectivity index (χ3n) is 5.07. The SMILES string of the molecule is O=C(NCc1ccc(NCC2(c3ncccc3F)CCC2)nn1)c1cnc[nH]1. The molecule has 3 aromatic rings. The highest BCUT2D eigenvalue weighted by Gasteiger charge is 2.41. The summed E-state index contributed by atoms with van der Waals surface area (Å²) >= 11 is 0. The molecular formula is C19H20FN7O. The Morgan fingerprint density at radius 1 is 1.25 bits per heavy atom. The quantitative estimate of drug-likeness (QED) is 0.579. The summed E-state index contributed by atoms with van der Waals surface area (Å²) in [5.74, 6) is 0.0792. The second-order valence-corrected chi connectivity index (χ2v) is 6.88. The lowest BCUT2D eigenvalue weighted by atomic mass is 9.66. The molecular weight excluding hydrogens is 361 g/mol. The summed E-state index contributed by atoms with van der Waals surface area (Å²) in [5, 5.41) is 14.3. The zero-order valence-electron chi connectivity index (χ0n) is 15.2. The predicted octanol–water partition coefficient (Wildman–Crippen LogP) is 2.20. The van der Waals surface area contributed by atoms with Crippen LogP contribution >= 0.6 is 0 Å². The summed E-state index contributed by atoms with van der Waals surface area (Å²) in [5.41, 5.74) is 1.23. The van der Waals surface area contributed by atoms with Crippen molar-refractivity contribution >= 4 is 11.7 Å². The summed E-state index contributed by atoms with van der Waals surface area (Å²) in [7, 11) is 0. The molecule has 0 aliphatic heterocycles. The van der Waals surface area contributed by atoms with Crippen molar-refractivity contribution in [3.8, 4) is 0 Å². The van der Waals surface area contributed by atoms with Crippen LogP contribution in [0.25, 0.3) is 0 Å². The summed E-state index contributed by atoms with van der Waals surface area (Å²) in [6.45, 7) is 0.805. The molecule has 9 heteroatoms. The highest BCUT2D eigenvalue weighted by atomic mass is 19.1. The molecule has 3 aromatic heterocycles.